The molecule has 3 saturated heterocycles. The Labute approximate surface area is 237 Å². The topological polar surface area (TPSA) is 110 Å². The van der Waals surface area contributed by atoms with E-state index in [1.807, 2.05) is 12.3 Å². The summed E-state index contributed by atoms with van der Waals surface area (Å²) in [6.45, 7) is 4.19. The molecule has 1 N–H and O–H groups in total. The van der Waals surface area contributed by atoms with E-state index in [1.54, 1.807) is 18.2 Å². The number of morpholine rings is 1. The summed E-state index contributed by atoms with van der Waals surface area (Å²) in [6, 6.07) is 5.76. The van der Waals surface area contributed by atoms with Crippen LogP contribution in [0.4, 0.5) is 20.3 Å². The fourth-order valence-electron chi connectivity index (χ4n) is 5.39. The quantitative estimate of drug-likeness (QED) is 0.426. The Morgan fingerprint density at radius 2 is 2.12 bits per heavy atom. The van der Waals surface area contributed by atoms with E-state index in [-0.39, 0.29) is 24.8 Å². The number of pyridine rings is 1. The number of hydrogen-bond donors (Lipinski definition) is 1. The van der Waals surface area contributed by atoms with Crippen LogP contribution in [0.5, 0.6) is 5.88 Å². The van der Waals surface area contributed by atoms with Gasteiger partial charge in [-0.1, -0.05) is 17.7 Å². The zero-order valence-electron chi connectivity index (χ0n) is 21.4. The minimum absolute atomic E-state index is 0.0473. The van der Waals surface area contributed by atoms with Gasteiger partial charge in [0.05, 0.1) is 48.0 Å². The highest BCUT2D eigenvalue weighted by Crippen LogP contribution is 2.40. The second-order valence-corrected chi connectivity index (χ2v) is 11.4. The number of rotatable bonds is 7. The van der Waals surface area contributed by atoms with Gasteiger partial charge in [0.1, 0.15) is 29.3 Å². The van der Waals surface area contributed by atoms with Crippen molar-refractivity contribution in [2.75, 3.05) is 42.7 Å². The number of alkyl halides is 2. The maximum Gasteiger partial charge on any atom is 0.326 e. The van der Waals surface area contributed by atoms with Gasteiger partial charge in [-0.2, -0.15) is 0 Å². The maximum atomic E-state index is 13.7. The number of carbonyl (C=O) groups is 1. The van der Waals surface area contributed by atoms with Crippen LogP contribution in [0.15, 0.2) is 35.8 Å². The molecule has 3 aliphatic rings. The molecule has 6 rings (SSSR count). The summed E-state index contributed by atoms with van der Waals surface area (Å²) in [5.74, 6) is -1.37. The molecule has 0 radical (unpaired) electrons. The van der Waals surface area contributed by atoms with E-state index < -0.39 is 36.0 Å². The molecule has 0 aliphatic carbocycles. The lowest BCUT2D eigenvalue weighted by Gasteiger charge is -2.53. The van der Waals surface area contributed by atoms with E-state index >= 15 is 0 Å². The summed E-state index contributed by atoms with van der Waals surface area (Å²) < 4.78 is 45.2. The molecule has 0 amide bonds. The van der Waals surface area contributed by atoms with Crippen molar-refractivity contribution in [3.8, 4) is 16.5 Å². The number of carboxylic acid groups (broad SMARTS) is 1. The minimum Gasteiger partial charge on any atom is -0.480 e. The molecule has 3 aliphatic heterocycles. The Hall–Kier alpha value is -3.13. The van der Waals surface area contributed by atoms with Crippen molar-refractivity contribution >= 4 is 40.4 Å². The molecule has 0 aromatic carbocycles. The minimum atomic E-state index is -2.92. The third-order valence-corrected chi connectivity index (χ3v) is 8.67. The maximum absolute atomic E-state index is 13.7. The first-order chi connectivity index (χ1) is 19.2. The zero-order chi connectivity index (χ0) is 28.0. The molecule has 0 unspecified atom stereocenters. The summed E-state index contributed by atoms with van der Waals surface area (Å²) >= 11 is 7.67. The number of aromatic nitrogens is 3. The number of carboxylic acids is 1. The molecule has 10 nitrogen and oxygen atoms in total. The first-order valence-electron chi connectivity index (χ1n) is 12.7. The van der Waals surface area contributed by atoms with Crippen molar-refractivity contribution in [3.63, 3.8) is 0 Å². The summed E-state index contributed by atoms with van der Waals surface area (Å²) in [6.07, 6.45) is -1.96. The van der Waals surface area contributed by atoms with Crippen LogP contribution in [-0.2, 0) is 14.3 Å². The van der Waals surface area contributed by atoms with Crippen molar-refractivity contribution in [3.05, 3.63) is 46.7 Å². The van der Waals surface area contributed by atoms with E-state index in [2.05, 4.69) is 19.9 Å². The van der Waals surface area contributed by atoms with E-state index in [0.29, 0.717) is 53.5 Å². The predicted octanol–water partition coefficient (Wildman–Crippen LogP) is 4.30. The van der Waals surface area contributed by atoms with Crippen LogP contribution in [0.3, 0.4) is 0 Å². The number of aliphatic carboxylic acids is 1. The zero-order valence-corrected chi connectivity index (χ0v) is 22.9. The predicted molar refractivity (Wildman–Crippen MR) is 144 cm³/mol. The monoisotopic (exact) mass is 593 g/mol. The van der Waals surface area contributed by atoms with Crippen molar-refractivity contribution in [2.24, 2.45) is 0 Å². The Kier molecular flexibility index (Phi) is 7.23. The Morgan fingerprint density at radius 1 is 1.30 bits per heavy atom. The Morgan fingerprint density at radius 3 is 2.80 bits per heavy atom. The fourth-order valence-corrected chi connectivity index (χ4v) is 6.23. The largest absolute Gasteiger partial charge is 0.480 e. The number of anilines is 2. The van der Waals surface area contributed by atoms with Crippen molar-refractivity contribution in [1.82, 2.24) is 15.0 Å². The lowest BCUT2D eigenvalue weighted by atomic mass is 9.90. The van der Waals surface area contributed by atoms with Crippen LogP contribution in [0.1, 0.15) is 25.6 Å². The van der Waals surface area contributed by atoms with Crippen LogP contribution < -0.4 is 14.5 Å². The highest BCUT2D eigenvalue weighted by molar-refractivity contribution is 7.13. The summed E-state index contributed by atoms with van der Waals surface area (Å²) in [5.41, 5.74) is 0.550. The van der Waals surface area contributed by atoms with Crippen LogP contribution in [0.25, 0.3) is 10.6 Å². The molecule has 6 heterocycles. The molecular weight excluding hydrogens is 568 g/mol. The van der Waals surface area contributed by atoms with Gasteiger partial charge in [-0.15, -0.1) is 11.3 Å². The highest BCUT2D eigenvalue weighted by Gasteiger charge is 2.50. The van der Waals surface area contributed by atoms with Crippen LogP contribution >= 0.6 is 22.9 Å². The number of thiophene rings is 1. The van der Waals surface area contributed by atoms with Gasteiger partial charge in [0.2, 0.25) is 5.88 Å². The van der Waals surface area contributed by atoms with Crippen molar-refractivity contribution in [2.45, 2.75) is 43.6 Å². The molecule has 40 heavy (non-hydrogen) atoms. The Balaban J connectivity index is 1.29. The van der Waals surface area contributed by atoms with E-state index in [1.165, 1.54) is 28.5 Å². The van der Waals surface area contributed by atoms with E-state index in [0.717, 1.165) is 0 Å². The summed E-state index contributed by atoms with van der Waals surface area (Å²) in [5, 5.41) is 12.3. The van der Waals surface area contributed by atoms with Gasteiger partial charge in [-0.05, 0) is 24.4 Å². The number of nitrogens with zero attached hydrogens (tertiary/aromatic N) is 5. The Bertz CT molecular complexity index is 1400. The second-order valence-electron chi connectivity index (χ2n) is 9.98. The molecule has 0 bridgehead atoms. The standard InChI is InChI=1S/C26H26ClF2N5O5S/c1-14-26(12-37-13-26)38-5-4-33(14)18-7-15(27)10-30-24(18)39-16-8-19(25(35)36)34(11-16)21-9-17(20-3-2-6-40-20)31-23(32-21)22(28)29/h2-3,6-7,9-10,14,16,19,22H,4-5,8,11-13H2,1H3,(H,35,36)/t14-,16-,19-/m0/s1. The van der Waals surface area contributed by atoms with E-state index in [9.17, 15) is 18.7 Å². The summed E-state index contributed by atoms with van der Waals surface area (Å²) in [7, 11) is 0. The molecule has 212 valence electrons. The molecule has 3 aromatic rings. The van der Waals surface area contributed by atoms with E-state index in [4.69, 9.17) is 25.8 Å². The van der Waals surface area contributed by atoms with Crippen LogP contribution in [-0.4, -0.2) is 82.7 Å². The molecule has 14 heteroatoms. The van der Waals surface area contributed by atoms with Gasteiger partial charge in [0, 0.05) is 25.2 Å². The van der Waals surface area contributed by atoms with Gasteiger partial charge in [0.15, 0.2) is 5.82 Å². The third-order valence-electron chi connectivity index (χ3n) is 7.57. The molecule has 3 fully saturated rings. The molecule has 3 aromatic heterocycles. The average Bonchev–Trinajstić information content (AvgIpc) is 3.60. The average molecular weight is 594 g/mol. The lowest BCUT2D eigenvalue weighted by molar-refractivity contribution is -0.228. The normalized spacial score (nSPS) is 24.0. The SMILES string of the molecule is C[C@@H]1N(c2cc(Cl)cnc2O[C@H]2C[C@@H](C(=O)O)N(c3cc(-c4cccs4)nc(C(F)F)n3)C2)CCOC12COC2. The molecule has 1 spiro atoms. The first-order valence-corrected chi connectivity index (χ1v) is 14.0. The van der Waals surface area contributed by atoms with Crippen molar-refractivity contribution < 1.29 is 32.9 Å². The number of halogens is 3. The van der Waals surface area contributed by atoms with Crippen molar-refractivity contribution in [1.29, 1.82) is 0 Å². The van der Waals surface area contributed by atoms with Gasteiger partial charge in [-0.25, -0.2) is 28.5 Å². The smallest absolute Gasteiger partial charge is 0.326 e. The molecular formula is C26H26ClF2N5O5S. The van der Waals surface area contributed by atoms with Gasteiger partial charge in [0.25, 0.3) is 6.43 Å². The van der Waals surface area contributed by atoms with Crippen LogP contribution in [0.2, 0.25) is 5.02 Å². The highest BCUT2D eigenvalue weighted by atomic mass is 35.5. The first kappa shape index (κ1) is 27.1. The number of ether oxygens (including phenoxy) is 3. The summed E-state index contributed by atoms with van der Waals surface area (Å²) in [4.78, 5) is 29.0. The van der Waals surface area contributed by atoms with Crippen LogP contribution in [0, 0.1) is 0 Å². The lowest BCUT2D eigenvalue weighted by Crippen LogP contribution is -2.68. The fraction of sp³-hybridized carbons (Fsp3) is 0.462. The van der Waals surface area contributed by atoms with Gasteiger partial charge >= 0.3 is 5.97 Å². The number of hydrogen-bond acceptors (Lipinski definition) is 10. The third kappa shape index (κ3) is 4.95. The van der Waals surface area contributed by atoms with Gasteiger partial charge in [-0.3, -0.25) is 0 Å². The molecule has 3 atom stereocenters. The van der Waals surface area contributed by atoms with Gasteiger partial charge < -0.3 is 29.1 Å². The molecule has 0 saturated carbocycles. The second kappa shape index (κ2) is 10.7.